The van der Waals surface area contributed by atoms with Crippen LogP contribution < -0.4 is 0 Å². The van der Waals surface area contributed by atoms with E-state index >= 15 is 0 Å². The smallest absolute Gasteiger partial charge is 0.101 e. The molecule has 2 aromatic carbocycles. The molecule has 0 saturated heterocycles. The lowest BCUT2D eigenvalue weighted by Gasteiger charge is -2.29. The van der Waals surface area contributed by atoms with Crippen LogP contribution in [0.1, 0.15) is 17.2 Å². The van der Waals surface area contributed by atoms with E-state index < -0.39 is 0 Å². The Morgan fingerprint density at radius 3 is 2.67 bits per heavy atom. The molecule has 0 amide bonds. The molecule has 2 aromatic rings. The summed E-state index contributed by atoms with van der Waals surface area (Å²) in [5, 5.41) is 10.3. The SMILES string of the molecule is CN1N=Nc2ccc(Br)cc2C1c1ccccc1. The van der Waals surface area contributed by atoms with Gasteiger partial charge in [-0.15, -0.1) is 5.11 Å². The molecule has 0 aromatic heterocycles. The highest BCUT2D eigenvalue weighted by Gasteiger charge is 2.25. The normalized spacial score (nSPS) is 17.7. The van der Waals surface area contributed by atoms with E-state index in [0.29, 0.717) is 0 Å². The molecule has 1 heterocycles. The average Bonchev–Trinajstić information content (AvgIpc) is 2.39. The second-order valence-electron chi connectivity index (χ2n) is 4.28. The molecule has 3 rings (SSSR count). The van der Waals surface area contributed by atoms with Gasteiger partial charge in [-0.05, 0) is 23.8 Å². The van der Waals surface area contributed by atoms with Gasteiger partial charge >= 0.3 is 0 Å². The van der Waals surface area contributed by atoms with Gasteiger partial charge in [0.05, 0.1) is 5.69 Å². The number of fused-ring (bicyclic) bond motifs is 1. The highest BCUT2D eigenvalue weighted by atomic mass is 79.9. The van der Waals surface area contributed by atoms with Crippen LogP contribution >= 0.6 is 15.9 Å². The molecule has 0 spiro atoms. The van der Waals surface area contributed by atoms with Crippen LogP contribution in [0.25, 0.3) is 0 Å². The fraction of sp³-hybridized carbons (Fsp3) is 0.143. The van der Waals surface area contributed by atoms with Crippen molar-refractivity contribution in [3.05, 3.63) is 64.1 Å². The van der Waals surface area contributed by atoms with Crippen molar-refractivity contribution < 1.29 is 0 Å². The Hall–Kier alpha value is -1.68. The van der Waals surface area contributed by atoms with Crippen LogP contribution in [0.5, 0.6) is 0 Å². The van der Waals surface area contributed by atoms with E-state index in [9.17, 15) is 0 Å². The van der Waals surface area contributed by atoms with Crippen molar-refractivity contribution in [2.24, 2.45) is 10.3 Å². The molecule has 1 aliphatic rings. The van der Waals surface area contributed by atoms with Gasteiger partial charge in [0, 0.05) is 17.1 Å². The predicted molar refractivity (Wildman–Crippen MR) is 74.7 cm³/mol. The Balaban J connectivity index is 2.15. The summed E-state index contributed by atoms with van der Waals surface area (Å²) in [6.45, 7) is 0. The van der Waals surface area contributed by atoms with Gasteiger partial charge in [-0.3, -0.25) is 5.01 Å². The molecule has 0 radical (unpaired) electrons. The molecule has 0 saturated carbocycles. The maximum atomic E-state index is 4.22. The van der Waals surface area contributed by atoms with Crippen molar-refractivity contribution in [3.63, 3.8) is 0 Å². The minimum atomic E-state index is 0.121. The molecular weight excluding hydrogens is 290 g/mol. The van der Waals surface area contributed by atoms with E-state index in [1.54, 1.807) is 0 Å². The predicted octanol–water partition coefficient (Wildman–Crippen LogP) is 4.48. The van der Waals surface area contributed by atoms with E-state index in [1.165, 1.54) is 11.1 Å². The lowest BCUT2D eigenvalue weighted by molar-refractivity contribution is 0.265. The molecule has 4 heteroatoms. The second-order valence-corrected chi connectivity index (χ2v) is 5.20. The van der Waals surface area contributed by atoms with Crippen molar-refractivity contribution in [3.8, 4) is 0 Å². The summed E-state index contributed by atoms with van der Waals surface area (Å²) in [5.41, 5.74) is 3.33. The van der Waals surface area contributed by atoms with Gasteiger partial charge in [0.2, 0.25) is 0 Å². The first-order chi connectivity index (χ1) is 8.75. The van der Waals surface area contributed by atoms with Gasteiger partial charge < -0.3 is 0 Å². The molecule has 18 heavy (non-hydrogen) atoms. The van der Waals surface area contributed by atoms with Crippen LogP contribution in [-0.4, -0.2) is 12.1 Å². The number of hydrogen-bond donors (Lipinski definition) is 0. The summed E-state index contributed by atoms with van der Waals surface area (Å²) in [7, 11) is 1.95. The van der Waals surface area contributed by atoms with Crippen LogP contribution in [0, 0.1) is 0 Å². The molecule has 0 aliphatic carbocycles. The highest BCUT2D eigenvalue weighted by Crippen LogP contribution is 2.39. The van der Waals surface area contributed by atoms with E-state index in [2.05, 4.69) is 44.5 Å². The van der Waals surface area contributed by atoms with Crippen molar-refractivity contribution in [2.75, 3.05) is 7.05 Å². The summed E-state index contributed by atoms with van der Waals surface area (Å²) in [6.07, 6.45) is 0. The van der Waals surface area contributed by atoms with Crippen LogP contribution in [0.15, 0.2) is 63.3 Å². The van der Waals surface area contributed by atoms with Crippen molar-refractivity contribution in [1.82, 2.24) is 5.01 Å². The van der Waals surface area contributed by atoms with Crippen LogP contribution in [-0.2, 0) is 0 Å². The first-order valence-electron chi connectivity index (χ1n) is 5.74. The number of hydrogen-bond acceptors (Lipinski definition) is 3. The lowest BCUT2D eigenvalue weighted by atomic mass is 9.96. The maximum absolute atomic E-state index is 4.22. The van der Waals surface area contributed by atoms with E-state index in [0.717, 1.165) is 10.2 Å². The molecule has 0 fully saturated rings. The van der Waals surface area contributed by atoms with Crippen molar-refractivity contribution in [1.29, 1.82) is 0 Å². The second kappa shape index (κ2) is 4.53. The standard InChI is InChI=1S/C14H12BrN3/c1-18-14(10-5-3-2-4-6-10)12-9-11(15)7-8-13(12)16-17-18/h2-9,14H,1H3. The highest BCUT2D eigenvalue weighted by molar-refractivity contribution is 9.10. The first-order valence-corrected chi connectivity index (χ1v) is 6.54. The molecule has 3 nitrogen and oxygen atoms in total. The first kappa shape index (κ1) is 11.4. The fourth-order valence-electron chi connectivity index (χ4n) is 2.24. The Morgan fingerprint density at radius 2 is 1.89 bits per heavy atom. The van der Waals surface area contributed by atoms with Gasteiger partial charge in [-0.25, -0.2) is 0 Å². The van der Waals surface area contributed by atoms with E-state index in [4.69, 9.17) is 0 Å². The Kier molecular flexibility index (Phi) is 2.88. The minimum Gasteiger partial charge on any atom is -0.269 e. The van der Waals surface area contributed by atoms with Crippen LogP contribution in [0.3, 0.4) is 0 Å². The third-order valence-corrected chi connectivity index (χ3v) is 3.56. The van der Waals surface area contributed by atoms with Gasteiger partial charge in [-0.2, -0.15) is 0 Å². The monoisotopic (exact) mass is 301 g/mol. The number of nitrogens with zero attached hydrogens (tertiary/aromatic N) is 3. The van der Waals surface area contributed by atoms with Gasteiger partial charge in [0.1, 0.15) is 6.04 Å². The van der Waals surface area contributed by atoms with Gasteiger partial charge in [0.25, 0.3) is 0 Å². The molecule has 1 atom stereocenters. The number of halogens is 1. The molecule has 0 bridgehead atoms. The Bertz CT molecular complexity index is 595. The summed E-state index contributed by atoms with van der Waals surface area (Å²) >= 11 is 3.52. The zero-order chi connectivity index (χ0) is 12.5. The van der Waals surface area contributed by atoms with Gasteiger partial charge in [0.15, 0.2) is 0 Å². The third kappa shape index (κ3) is 1.93. The zero-order valence-electron chi connectivity index (χ0n) is 9.92. The fourth-order valence-corrected chi connectivity index (χ4v) is 2.62. The van der Waals surface area contributed by atoms with Crippen molar-refractivity contribution in [2.45, 2.75) is 6.04 Å². The van der Waals surface area contributed by atoms with E-state index in [-0.39, 0.29) is 6.04 Å². The quantitative estimate of drug-likeness (QED) is 0.763. The third-order valence-electron chi connectivity index (χ3n) is 3.07. The molecule has 0 N–H and O–H groups in total. The van der Waals surface area contributed by atoms with Crippen molar-refractivity contribution >= 4 is 21.6 Å². The summed E-state index contributed by atoms with van der Waals surface area (Å²) in [4.78, 5) is 0. The van der Waals surface area contributed by atoms with Crippen LogP contribution in [0.2, 0.25) is 0 Å². The van der Waals surface area contributed by atoms with E-state index in [1.807, 2.05) is 42.4 Å². The Morgan fingerprint density at radius 1 is 1.11 bits per heavy atom. The molecule has 1 aliphatic heterocycles. The largest absolute Gasteiger partial charge is 0.269 e. The lowest BCUT2D eigenvalue weighted by Crippen LogP contribution is -2.22. The molecule has 90 valence electrons. The summed E-state index contributed by atoms with van der Waals surface area (Å²) < 4.78 is 1.06. The maximum Gasteiger partial charge on any atom is 0.101 e. The van der Waals surface area contributed by atoms with Gasteiger partial charge in [-0.1, -0.05) is 51.5 Å². The number of rotatable bonds is 1. The topological polar surface area (TPSA) is 28.0 Å². The van der Waals surface area contributed by atoms with Crippen LogP contribution in [0.4, 0.5) is 5.69 Å². The molecular formula is C14H12BrN3. The summed E-state index contributed by atoms with van der Waals surface area (Å²) in [6, 6.07) is 16.6. The molecule has 1 unspecified atom stereocenters. The minimum absolute atomic E-state index is 0.121. The Labute approximate surface area is 114 Å². The summed E-state index contributed by atoms with van der Waals surface area (Å²) in [5.74, 6) is 0. The zero-order valence-corrected chi connectivity index (χ0v) is 11.5. The average molecular weight is 302 g/mol. The number of benzene rings is 2.